The number of hydrogen-bond acceptors (Lipinski definition) is 3. The normalized spacial score (nSPS) is 10.0. The van der Waals surface area contributed by atoms with E-state index in [1.54, 1.807) is 12.1 Å². The minimum atomic E-state index is 0.642. The van der Waals surface area contributed by atoms with Gasteiger partial charge in [0.2, 0.25) is 0 Å². The molecule has 1 aromatic heterocycles. The van der Waals surface area contributed by atoms with Crippen LogP contribution in [0.25, 0.3) is 10.1 Å². The minimum Gasteiger partial charge on any atom is -0.298 e. The summed E-state index contributed by atoms with van der Waals surface area (Å²) < 4.78 is 0.912. The standard InChI is InChI=1S/C11H7NOS/c1-7-6-14-11-8(4-12)2-3-9(5-13)10(7)11/h2-3,5-6H,1H3. The van der Waals surface area contributed by atoms with Crippen LogP contribution in [-0.4, -0.2) is 6.29 Å². The summed E-state index contributed by atoms with van der Waals surface area (Å²) in [5.74, 6) is 0. The van der Waals surface area contributed by atoms with Gasteiger partial charge in [-0.3, -0.25) is 4.79 Å². The molecule has 2 aromatic rings. The highest BCUT2D eigenvalue weighted by Gasteiger charge is 2.09. The van der Waals surface area contributed by atoms with Crippen molar-refractivity contribution >= 4 is 27.7 Å². The Hall–Kier alpha value is -1.66. The fraction of sp³-hybridized carbons (Fsp3) is 0.0909. The second-order valence-corrected chi connectivity index (χ2v) is 3.93. The maximum Gasteiger partial charge on any atom is 0.150 e. The highest BCUT2D eigenvalue weighted by Crippen LogP contribution is 2.30. The van der Waals surface area contributed by atoms with Crippen molar-refractivity contribution in [1.29, 1.82) is 5.26 Å². The molecule has 0 aliphatic carbocycles. The molecule has 0 aliphatic heterocycles. The number of fused-ring (bicyclic) bond motifs is 1. The molecule has 0 saturated heterocycles. The molecule has 0 saturated carbocycles. The van der Waals surface area contributed by atoms with Crippen molar-refractivity contribution in [2.75, 3.05) is 0 Å². The third-order valence-corrected chi connectivity index (χ3v) is 3.32. The number of rotatable bonds is 1. The molecule has 0 bridgehead atoms. The molecule has 0 spiro atoms. The van der Waals surface area contributed by atoms with E-state index in [0.29, 0.717) is 11.1 Å². The Morgan fingerprint density at radius 3 is 2.93 bits per heavy atom. The van der Waals surface area contributed by atoms with E-state index in [-0.39, 0.29) is 0 Å². The van der Waals surface area contributed by atoms with Crippen LogP contribution in [0.4, 0.5) is 0 Å². The first-order valence-electron chi connectivity index (χ1n) is 4.14. The van der Waals surface area contributed by atoms with Crippen LogP contribution in [0.1, 0.15) is 21.5 Å². The molecule has 1 aromatic carbocycles. The van der Waals surface area contributed by atoms with Crippen LogP contribution in [0.15, 0.2) is 17.5 Å². The van der Waals surface area contributed by atoms with Crippen LogP contribution < -0.4 is 0 Å². The largest absolute Gasteiger partial charge is 0.298 e. The molecule has 14 heavy (non-hydrogen) atoms. The predicted molar refractivity (Wildman–Crippen MR) is 56.7 cm³/mol. The van der Waals surface area contributed by atoms with E-state index in [4.69, 9.17) is 5.26 Å². The molecule has 2 rings (SSSR count). The molecule has 0 aliphatic rings. The maximum atomic E-state index is 10.8. The summed E-state index contributed by atoms with van der Waals surface area (Å²) in [7, 11) is 0. The Morgan fingerprint density at radius 2 is 2.29 bits per heavy atom. The number of nitrogens with zero attached hydrogens (tertiary/aromatic N) is 1. The van der Waals surface area contributed by atoms with Crippen LogP contribution in [0.5, 0.6) is 0 Å². The molecular weight excluding hydrogens is 194 g/mol. The van der Waals surface area contributed by atoms with Crippen molar-refractivity contribution in [3.05, 3.63) is 34.2 Å². The SMILES string of the molecule is Cc1csc2c(C#N)ccc(C=O)c12. The molecule has 68 valence electrons. The Balaban J connectivity index is 2.96. The van der Waals surface area contributed by atoms with Gasteiger partial charge in [0, 0.05) is 10.9 Å². The number of carbonyl (C=O) groups excluding carboxylic acids is 1. The highest BCUT2D eigenvalue weighted by molar-refractivity contribution is 7.17. The van der Waals surface area contributed by atoms with Crippen LogP contribution in [0.3, 0.4) is 0 Å². The lowest BCUT2D eigenvalue weighted by Crippen LogP contribution is -1.84. The Bertz CT molecular complexity index is 548. The maximum absolute atomic E-state index is 10.8. The summed E-state index contributed by atoms with van der Waals surface area (Å²) in [6.45, 7) is 1.95. The number of thiophene rings is 1. The highest BCUT2D eigenvalue weighted by atomic mass is 32.1. The van der Waals surface area contributed by atoms with Crippen molar-refractivity contribution in [2.45, 2.75) is 6.92 Å². The summed E-state index contributed by atoms with van der Waals surface area (Å²) in [5, 5.41) is 11.8. The second kappa shape index (κ2) is 3.24. The number of benzene rings is 1. The van der Waals surface area contributed by atoms with E-state index in [1.807, 2.05) is 12.3 Å². The number of nitriles is 1. The monoisotopic (exact) mass is 201 g/mol. The first-order chi connectivity index (χ1) is 6.77. The molecule has 3 heteroatoms. The van der Waals surface area contributed by atoms with Crippen molar-refractivity contribution in [3.63, 3.8) is 0 Å². The number of aryl methyl sites for hydroxylation is 1. The van der Waals surface area contributed by atoms with Gasteiger partial charge in [0.15, 0.2) is 6.29 Å². The van der Waals surface area contributed by atoms with Crippen LogP contribution in [0, 0.1) is 18.3 Å². The van der Waals surface area contributed by atoms with Crippen LogP contribution in [0.2, 0.25) is 0 Å². The van der Waals surface area contributed by atoms with Gasteiger partial charge < -0.3 is 0 Å². The van der Waals surface area contributed by atoms with E-state index < -0.39 is 0 Å². The summed E-state index contributed by atoms with van der Waals surface area (Å²) in [5.41, 5.74) is 2.37. The molecule has 0 fully saturated rings. The van der Waals surface area contributed by atoms with Crippen molar-refractivity contribution < 1.29 is 4.79 Å². The molecule has 0 amide bonds. The third-order valence-electron chi connectivity index (χ3n) is 2.19. The summed E-state index contributed by atoms with van der Waals surface area (Å²) in [6, 6.07) is 5.53. The van der Waals surface area contributed by atoms with Gasteiger partial charge in [-0.25, -0.2) is 0 Å². The molecular formula is C11H7NOS. The molecule has 0 N–H and O–H groups in total. The second-order valence-electron chi connectivity index (χ2n) is 3.05. The van der Waals surface area contributed by atoms with E-state index in [1.165, 1.54) is 11.3 Å². The fourth-order valence-corrected chi connectivity index (χ4v) is 2.57. The number of hydrogen-bond donors (Lipinski definition) is 0. The topological polar surface area (TPSA) is 40.9 Å². The van der Waals surface area contributed by atoms with E-state index in [2.05, 4.69) is 6.07 Å². The van der Waals surface area contributed by atoms with Gasteiger partial charge in [-0.1, -0.05) is 0 Å². The summed E-state index contributed by atoms with van der Waals surface area (Å²) in [4.78, 5) is 10.8. The van der Waals surface area contributed by atoms with Gasteiger partial charge in [0.25, 0.3) is 0 Å². The van der Waals surface area contributed by atoms with Gasteiger partial charge in [-0.15, -0.1) is 11.3 Å². The van der Waals surface area contributed by atoms with Crippen molar-refractivity contribution in [1.82, 2.24) is 0 Å². The van der Waals surface area contributed by atoms with Gasteiger partial charge >= 0.3 is 0 Å². The average Bonchev–Trinajstić information content (AvgIpc) is 2.60. The average molecular weight is 201 g/mol. The molecule has 0 radical (unpaired) electrons. The van der Waals surface area contributed by atoms with Crippen LogP contribution in [-0.2, 0) is 0 Å². The molecule has 2 nitrogen and oxygen atoms in total. The smallest absolute Gasteiger partial charge is 0.150 e. The fourth-order valence-electron chi connectivity index (χ4n) is 1.52. The van der Waals surface area contributed by atoms with E-state index >= 15 is 0 Å². The van der Waals surface area contributed by atoms with Crippen molar-refractivity contribution in [2.24, 2.45) is 0 Å². The quantitative estimate of drug-likeness (QED) is 0.665. The van der Waals surface area contributed by atoms with Gasteiger partial charge in [0.1, 0.15) is 6.07 Å². The number of carbonyl (C=O) groups is 1. The Kier molecular flexibility index (Phi) is 2.06. The van der Waals surface area contributed by atoms with Gasteiger partial charge in [0.05, 0.1) is 10.3 Å². The van der Waals surface area contributed by atoms with E-state index in [9.17, 15) is 4.79 Å². The zero-order valence-corrected chi connectivity index (χ0v) is 8.39. The summed E-state index contributed by atoms with van der Waals surface area (Å²) >= 11 is 1.51. The number of aldehydes is 1. The predicted octanol–water partition coefficient (Wildman–Crippen LogP) is 2.89. The first kappa shape index (κ1) is 8.92. The van der Waals surface area contributed by atoms with Gasteiger partial charge in [-0.2, -0.15) is 5.26 Å². The lowest BCUT2D eigenvalue weighted by atomic mass is 10.1. The molecule has 0 unspecified atom stereocenters. The van der Waals surface area contributed by atoms with Crippen molar-refractivity contribution in [3.8, 4) is 6.07 Å². The van der Waals surface area contributed by atoms with E-state index in [0.717, 1.165) is 21.9 Å². The lowest BCUT2D eigenvalue weighted by Gasteiger charge is -1.97. The third kappa shape index (κ3) is 1.12. The molecule has 0 atom stereocenters. The van der Waals surface area contributed by atoms with Crippen LogP contribution >= 0.6 is 11.3 Å². The lowest BCUT2D eigenvalue weighted by molar-refractivity contribution is 0.112. The molecule has 1 heterocycles. The van der Waals surface area contributed by atoms with Gasteiger partial charge in [-0.05, 0) is 30.0 Å². The Labute approximate surface area is 85.4 Å². The zero-order chi connectivity index (χ0) is 10.1. The zero-order valence-electron chi connectivity index (χ0n) is 7.57. The Morgan fingerprint density at radius 1 is 1.50 bits per heavy atom. The summed E-state index contributed by atoms with van der Waals surface area (Å²) in [6.07, 6.45) is 0.837. The minimum absolute atomic E-state index is 0.642. The first-order valence-corrected chi connectivity index (χ1v) is 5.02.